The molecule has 2 heterocycles. The van der Waals surface area contributed by atoms with E-state index in [-0.39, 0.29) is 17.1 Å². The van der Waals surface area contributed by atoms with Crippen molar-refractivity contribution in [3.63, 3.8) is 0 Å². The fourth-order valence-corrected chi connectivity index (χ4v) is 3.95. The van der Waals surface area contributed by atoms with Crippen molar-refractivity contribution in [1.29, 1.82) is 5.26 Å². The van der Waals surface area contributed by atoms with Gasteiger partial charge in [0.2, 0.25) is 10.0 Å². The van der Waals surface area contributed by atoms with E-state index in [1.807, 2.05) is 0 Å². The molecule has 0 spiro atoms. The zero-order valence-electron chi connectivity index (χ0n) is 10.8. The molecule has 106 valence electrons. The van der Waals surface area contributed by atoms with Crippen LogP contribution >= 0.6 is 0 Å². The summed E-state index contributed by atoms with van der Waals surface area (Å²) in [5.41, 5.74) is -0.178. The maximum absolute atomic E-state index is 12.6. The fraction of sp³-hybridized carbons (Fsp3) is 0.417. The molecule has 0 radical (unpaired) electrons. The van der Waals surface area contributed by atoms with Gasteiger partial charge in [0.15, 0.2) is 5.69 Å². The van der Waals surface area contributed by atoms with Gasteiger partial charge in [0, 0.05) is 12.7 Å². The van der Waals surface area contributed by atoms with Gasteiger partial charge in [-0.1, -0.05) is 0 Å². The lowest BCUT2D eigenvalue weighted by Gasteiger charge is -2.22. The lowest BCUT2D eigenvalue weighted by atomic mass is 10.2. The summed E-state index contributed by atoms with van der Waals surface area (Å²) in [7, 11) is -2.72. The van der Waals surface area contributed by atoms with Crippen molar-refractivity contribution in [3.05, 3.63) is 24.0 Å². The highest BCUT2D eigenvalue weighted by Gasteiger charge is 2.41. The van der Waals surface area contributed by atoms with Gasteiger partial charge < -0.3 is 4.74 Å². The summed E-state index contributed by atoms with van der Waals surface area (Å²) in [6.45, 7) is 0.224. The van der Waals surface area contributed by atoms with Crippen LogP contribution in [0, 0.1) is 11.3 Å². The number of pyridine rings is 1. The highest BCUT2D eigenvalue weighted by Crippen LogP contribution is 2.27. The Kier molecular flexibility index (Phi) is 4.01. The molecule has 0 N–H and O–H groups in total. The first-order valence-corrected chi connectivity index (χ1v) is 7.41. The van der Waals surface area contributed by atoms with E-state index >= 15 is 0 Å². The van der Waals surface area contributed by atoms with Crippen LogP contribution in [0.15, 0.2) is 23.2 Å². The Hall–Kier alpha value is -1.98. The molecule has 20 heavy (non-hydrogen) atoms. The van der Waals surface area contributed by atoms with Gasteiger partial charge in [-0.3, -0.25) is 4.79 Å². The van der Waals surface area contributed by atoms with Crippen LogP contribution in [0.2, 0.25) is 0 Å². The molecule has 1 aromatic rings. The van der Waals surface area contributed by atoms with E-state index in [2.05, 4.69) is 9.72 Å². The molecule has 1 saturated heterocycles. The lowest BCUT2D eigenvalue weighted by Crippen LogP contribution is -2.41. The number of esters is 1. The quantitative estimate of drug-likeness (QED) is 0.742. The van der Waals surface area contributed by atoms with E-state index in [4.69, 9.17) is 5.26 Å². The maximum Gasteiger partial charge on any atom is 0.324 e. The number of aromatic nitrogens is 1. The molecule has 0 aromatic carbocycles. The monoisotopic (exact) mass is 295 g/mol. The van der Waals surface area contributed by atoms with Crippen LogP contribution in [0.4, 0.5) is 0 Å². The van der Waals surface area contributed by atoms with E-state index in [0.29, 0.717) is 12.8 Å². The predicted molar refractivity (Wildman–Crippen MR) is 67.9 cm³/mol. The maximum atomic E-state index is 12.6. The molecule has 1 fully saturated rings. The number of nitriles is 1. The van der Waals surface area contributed by atoms with Crippen molar-refractivity contribution in [2.24, 2.45) is 0 Å². The Labute approximate surface area is 116 Å². The van der Waals surface area contributed by atoms with Crippen molar-refractivity contribution in [2.75, 3.05) is 13.7 Å². The Morgan fingerprint density at radius 3 is 3.00 bits per heavy atom. The molecule has 8 heteroatoms. The molecule has 2 rings (SSSR count). The predicted octanol–water partition coefficient (Wildman–Crippen LogP) is 0.279. The van der Waals surface area contributed by atoms with Gasteiger partial charge in [-0.2, -0.15) is 9.57 Å². The fourth-order valence-electron chi connectivity index (χ4n) is 2.21. The normalized spacial score (nSPS) is 19.5. The van der Waals surface area contributed by atoms with Gasteiger partial charge >= 0.3 is 5.97 Å². The van der Waals surface area contributed by atoms with Crippen LogP contribution in [-0.2, 0) is 19.6 Å². The molecule has 0 saturated carbocycles. The molecule has 1 unspecified atom stereocenters. The van der Waals surface area contributed by atoms with Crippen LogP contribution in [0.1, 0.15) is 18.5 Å². The Morgan fingerprint density at radius 1 is 1.60 bits per heavy atom. The van der Waals surface area contributed by atoms with Gasteiger partial charge in [-0.05, 0) is 25.0 Å². The summed E-state index contributed by atoms with van der Waals surface area (Å²) >= 11 is 0. The third kappa shape index (κ3) is 2.37. The topological polar surface area (TPSA) is 100 Å². The van der Waals surface area contributed by atoms with Gasteiger partial charge in [0.1, 0.15) is 17.0 Å². The third-order valence-electron chi connectivity index (χ3n) is 3.14. The first kappa shape index (κ1) is 14.4. The number of methoxy groups -OCH3 is 1. The molecule has 0 aliphatic carbocycles. The molecule has 1 atom stereocenters. The molecule has 1 aromatic heterocycles. The molecule has 1 aliphatic heterocycles. The average Bonchev–Trinajstić information content (AvgIpc) is 2.96. The van der Waals surface area contributed by atoms with Crippen LogP contribution in [-0.4, -0.2) is 43.4 Å². The zero-order chi connectivity index (χ0) is 14.8. The Morgan fingerprint density at radius 2 is 2.35 bits per heavy atom. The van der Waals surface area contributed by atoms with E-state index in [1.54, 1.807) is 6.07 Å². The minimum absolute atomic E-state index is 0.178. The highest BCUT2D eigenvalue weighted by molar-refractivity contribution is 7.89. The number of carbonyl (C=O) groups is 1. The van der Waals surface area contributed by atoms with Crippen LogP contribution < -0.4 is 0 Å². The minimum atomic E-state index is -3.94. The molecule has 1 aliphatic rings. The Bertz CT molecular complexity index is 666. The van der Waals surface area contributed by atoms with Crippen molar-refractivity contribution in [2.45, 2.75) is 23.8 Å². The van der Waals surface area contributed by atoms with Gasteiger partial charge in [0.25, 0.3) is 0 Å². The van der Waals surface area contributed by atoms with Crippen LogP contribution in [0.5, 0.6) is 0 Å². The van der Waals surface area contributed by atoms with Crippen LogP contribution in [0.25, 0.3) is 0 Å². The summed E-state index contributed by atoms with van der Waals surface area (Å²) in [5, 5.41) is 8.96. The van der Waals surface area contributed by atoms with Crippen molar-refractivity contribution in [3.8, 4) is 6.07 Å². The number of hydrogen-bond donors (Lipinski definition) is 0. The number of sulfonamides is 1. The molecular formula is C12H13N3O4S. The molecule has 7 nitrogen and oxygen atoms in total. The number of rotatable bonds is 3. The van der Waals surface area contributed by atoms with Gasteiger partial charge in [-0.25, -0.2) is 13.4 Å². The lowest BCUT2D eigenvalue weighted by molar-refractivity contribution is -0.144. The number of hydrogen-bond acceptors (Lipinski definition) is 6. The second-order valence-electron chi connectivity index (χ2n) is 4.26. The van der Waals surface area contributed by atoms with Crippen molar-refractivity contribution in [1.82, 2.24) is 9.29 Å². The highest BCUT2D eigenvalue weighted by atomic mass is 32.2. The SMILES string of the molecule is COC(=O)C1CCCN1S(=O)(=O)c1cccnc1C#N. The first-order chi connectivity index (χ1) is 9.52. The third-order valence-corrected chi connectivity index (χ3v) is 5.08. The van der Waals surface area contributed by atoms with E-state index in [0.717, 1.165) is 4.31 Å². The van der Waals surface area contributed by atoms with Crippen molar-refractivity contribution >= 4 is 16.0 Å². The van der Waals surface area contributed by atoms with E-state index < -0.39 is 22.0 Å². The van der Waals surface area contributed by atoms with Crippen LogP contribution in [0.3, 0.4) is 0 Å². The summed E-state index contributed by atoms with van der Waals surface area (Å²) in [4.78, 5) is 15.2. The second kappa shape index (κ2) is 5.56. The second-order valence-corrected chi connectivity index (χ2v) is 6.12. The summed E-state index contributed by atoms with van der Waals surface area (Å²) in [5.74, 6) is -0.589. The molecule has 0 bridgehead atoms. The average molecular weight is 295 g/mol. The van der Waals surface area contributed by atoms with Crippen molar-refractivity contribution < 1.29 is 17.9 Å². The largest absolute Gasteiger partial charge is 0.468 e. The van der Waals surface area contributed by atoms with E-state index in [1.165, 1.54) is 25.4 Å². The molecule has 0 amide bonds. The first-order valence-electron chi connectivity index (χ1n) is 5.97. The summed E-state index contributed by atoms with van der Waals surface area (Å²) in [6, 6.07) is 3.67. The molecular weight excluding hydrogens is 282 g/mol. The Balaban J connectivity index is 2.45. The van der Waals surface area contributed by atoms with E-state index in [9.17, 15) is 13.2 Å². The zero-order valence-corrected chi connectivity index (χ0v) is 11.6. The standard InChI is InChI=1S/C12H13N3O4S/c1-19-12(16)10-4-3-7-15(10)20(17,18)11-5-2-6-14-9(11)8-13/h2,5-6,10H,3-4,7H2,1H3. The van der Waals surface area contributed by atoms with Gasteiger partial charge in [0.05, 0.1) is 7.11 Å². The summed E-state index contributed by atoms with van der Waals surface area (Å²) in [6.07, 6.45) is 2.33. The smallest absolute Gasteiger partial charge is 0.324 e. The number of carbonyl (C=O) groups excluding carboxylic acids is 1. The number of nitrogens with zero attached hydrogens (tertiary/aromatic N) is 3. The number of ether oxygens (including phenoxy) is 1. The minimum Gasteiger partial charge on any atom is -0.468 e. The van der Waals surface area contributed by atoms with Gasteiger partial charge in [-0.15, -0.1) is 0 Å². The summed E-state index contributed by atoms with van der Waals surface area (Å²) < 4.78 is 30.9.